The van der Waals surface area contributed by atoms with Crippen molar-refractivity contribution in [1.82, 2.24) is 10.2 Å². The van der Waals surface area contributed by atoms with Gasteiger partial charge in [-0.2, -0.15) is 13.2 Å². The van der Waals surface area contributed by atoms with Gasteiger partial charge in [0.15, 0.2) is 0 Å². The van der Waals surface area contributed by atoms with Crippen LogP contribution in [0, 0.1) is 6.92 Å². The molecular weight excluding hydrogens is 245 g/mol. The van der Waals surface area contributed by atoms with Gasteiger partial charge >= 0.3 is 6.18 Å². The summed E-state index contributed by atoms with van der Waals surface area (Å²) in [6, 6.07) is 7.10. The Morgan fingerprint density at radius 1 is 1.39 bits per heavy atom. The van der Waals surface area contributed by atoms with E-state index in [1.807, 2.05) is 19.1 Å². The van der Waals surface area contributed by atoms with Gasteiger partial charge in [0, 0.05) is 0 Å². The highest BCUT2D eigenvalue weighted by Crippen LogP contribution is 2.28. The molecule has 0 radical (unpaired) electrons. The molecule has 1 aromatic carbocycles. The van der Waals surface area contributed by atoms with Gasteiger partial charge in [-0.3, -0.25) is 10.1 Å². The Kier molecular flexibility index (Phi) is 3.30. The smallest absolute Gasteiger partial charge is 0.313 e. The molecule has 1 aromatic rings. The summed E-state index contributed by atoms with van der Waals surface area (Å²) in [6.45, 7) is 0.526. The zero-order valence-corrected chi connectivity index (χ0v) is 9.79. The van der Waals surface area contributed by atoms with E-state index >= 15 is 0 Å². The van der Waals surface area contributed by atoms with E-state index in [4.69, 9.17) is 0 Å². The average Bonchev–Trinajstić information content (AvgIpc) is 2.60. The predicted octanol–water partition coefficient (Wildman–Crippen LogP) is 1.99. The standard InChI is InChI=1S/C12H13F3N2O/c1-8-4-2-3-5-9(8)11-16-6-10(18)17(11)7-12(13,14)15/h2-5,11,16H,6-7H2,1H3. The van der Waals surface area contributed by atoms with Crippen molar-refractivity contribution in [3.63, 3.8) is 0 Å². The second-order valence-corrected chi connectivity index (χ2v) is 4.28. The van der Waals surface area contributed by atoms with Crippen molar-refractivity contribution >= 4 is 5.91 Å². The second kappa shape index (κ2) is 4.61. The zero-order chi connectivity index (χ0) is 13.3. The van der Waals surface area contributed by atoms with Crippen LogP contribution in [0.2, 0.25) is 0 Å². The van der Waals surface area contributed by atoms with Crippen LogP contribution in [-0.2, 0) is 4.79 Å². The lowest BCUT2D eigenvalue weighted by atomic mass is 10.1. The molecule has 1 aliphatic rings. The topological polar surface area (TPSA) is 32.3 Å². The molecule has 1 fully saturated rings. The average molecular weight is 258 g/mol. The van der Waals surface area contributed by atoms with Crippen molar-refractivity contribution in [1.29, 1.82) is 0 Å². The number of carbonyl (C=O) groups excluding carboxylic acids is 1. The van der Waals surface area contributed by atoms with Gasteiger partial charge in [0.1, 0.15) is 12.7 Å². The maximum atomic E-state index is 12.4. The summed E-state index contributed by atoms with van der Waals surface area (Å²) < 4.78 is 37.3. The molecule has 1 heterocycles. The minimum atomic E-state index is -4.39. The van der Waals surface area contributed by atoms with Crippen molar-refractivity contribution < 1.29 is 18.0 Å². The normalized spacial score (nSPS) is 20.6. The summed E-state index contributed by atoms with van der Waals surface area (Å²) >= 11 is 0. The van der Waals surface area contributed by atoms with E-state index in [-0.39, 0.29) is 6.54 Å². The summed E-state index contributed by atoms with van der Waals surface area (Å²) in [5.41, 5.74) is 1.56. The number of nitrogens with one attached hydrogen (secondary N) is 1. The third-order valence-electron chi connectivity index (χ3n) is 2.91. The predicted molar refractivity (Wildman–Crippen MR) is 59.7 cm³/mol. The number of amides is 1. The number of hydrogen-bond acceptors (Lipinski definition) is 2. The molecule has 98 valence electrons. The largest absolute Gasteiger partial charge is 0.406 e. The lowest BCUT2D eigenvalue weighted by molar-refractivity contribution is -0.161. The molecule has 18 heavy (non-hydrogen) atoms. The quantitative estimate of drug-likeness (QED) is 0.879. The van der Waals surface area contributed by atoms with E-state index in [9.17, 15) is 18.0 Å². The Labute approximate surface area is 103 Å². The Hall–Kier alpha value is -1.56. The lowest BCUT2D eigenvalue weighted by Crippen LogP contribution is -2.38. The number of benzene rings is 1. The van der Waals surface area contributed by atoms with Crippen LogP contribution in [0.25, 0.3) is 0 Å². The third-order valence-corrected chi connectivity index (χ3v) is 2.91. The number of hydrogen-bond donors (Lipinski definition) is 1. The Balaban J connectivity index is 2.27. The number of alkyl halides is 3. The van der Waals surface area contributed by atoms with Crippen molar-refractivity contribution in [3.8, 4) is 0 Å². The second-order valence-electron chi connectivity index (χ2n) is 4.28. The van der Waals surface area contributed by atoms with Crippen LogP contribution in [0.1, 0.15) is 17.3 Å². The number of carbonyl (C=O) groups is 1. The van der Waals surface area contributed by atoms with E-state index in [1.54, 1.807) is 12.1 Å². The molecule has 0 spiro atoms. The zero-order valence-electron chi connectivity index (χ0n) is 9.79. The lowest BCUT2D eigenvalue weighted by Gasteiger charge is -2.26. The maximum Gasteiger partial charge on any atom is 0.406 e. The first-order valence-corrected chi connectivity index (χ1v) is 5.53. The maximum absolute atomic E-state index is 12.4. The fourth-order valence-electron chi connectivity index (χ4n) is 2.08. The summed E-state index contributed by atoms with van der Waals surface area (Å²) in [4.78, 5) is 12.3. The minimum absolute atomic E-state index is 0.0604. The van der Waals surface area contributed by atoms with Gasteiger partial charge in [-0.15, -0.1) is 0 Å². The van der Waals surface area contributed by atoms with Crippen LogP contribution in [0.4, 0.5) is 13.2 Å². The fourth-order valence-corrected chi connectivity index (χ4v) is 2.08. The van der Waals surface area contributed by atoms with E-state index in [0.717, 1.165) is 10.5 Å². The molecule has 1 N–H and O–H groups in total. The molecule has 1 atom stereocenters. The first kappa shape index (κ1) is 12.9. The summed E-state index contributed by atoms with van der Waals surface area (Å²) in [5.74, 6) is -0.527. The van der Waals surface area contributed by atoms with Gasteiger partial charge in [-0.25, -0.2) is 0 Å². The molecule has 3 nitrogen and oxygen atoms in total. The van der Waals surface area contributed by atoms with Crippen molar-refractivity contribution in [2.45, 2.75) is 19.3 Å². The van der Waals surface area contributed by atoms with Gasteiger partial charge < -0.3 is 4.90 Å². The van der Waals surface area contributed by atoms with Crippen LogP contribution in [0.3, 0.4) is 0 Å². The molecule has 0 saturated carbocycles. The monoisotopic (exact) mass is 258 g/mol. The molecule has 0 aromatic heterocycles. The highest BCUT2D eigenvalue weighted by Gasteiger charge is 2.40. The Morgan fingerprint density at radius 2 is 2.06 bits per heavy atom. The molecule has 1 unspecified atom stereocenters. The van der Waals surface area contributed by atoms with Gasteiger partial charge in [-0.05, 0) is 18.1 Å². The molecule has 1 amide bonds. The van der Waals surface area contributed by atoms with Crippen LogP contribution < -0.4 is 5.32 Å². The highest BCUT2D eigenvalue weighted by atomic mass is 19.4. The van der Waals surface area contributed by atoms with Crippen LogP contribution in [0.5, 0.6) is 0 Å². The molecule has 0 bridgehead atoms. The van der Waals surface area contributed by atoms with Crippen LogP contribution >= 0.6 is 0 Å². The minimum Gasteiger partial charge on any atom is -0.313 e. The van der Waals surface area contributed by atoms with Gasteiger partial charge in [0.2, 0.25) is 5.91 Å². The number of aryl methyl sites for hydroxylation is 1. The van der Waals surface area contributed by atoms with Gasteiger partial charge in [0.25, 0.3) is 0 Å². The van der Waals surface area contributed by atoms with Gasteiger partial charge in [-0.1, -0.05) is 24.3 Å². The first-order chi connectivity index (χ1) is 8.38. The molecule has 2 rings (SSSR count). The van der Waals surface area contributed by atoms with Crippen molar-refractivity contribution in [3.05, 3.63) is 35.4 Å². The van der Waals surface area contributed by atoms with E-state index in [2.05, 4.69) is 5.32 Å². The molecule has 1 aliphatic heterocycles. The molecule has 1 saturated heterocycles. The number of nitrogens with zero attached hydrogens (tertiary/aromatic N) is 1. The van der Waals surface area contributed by atoms with E-state index < -0.39 is 24.8 Å². The highest BCUT2D eigenvalue weighted by molar-refractivity contribution is 5.81. The molecule has 0 aliphatic carbocycles. The fraction of sp³-hybridized carbons (Fsp3) is 0.417. The Morgan fingerprint density at radius 3 is 2.67 bits per heavy atom. The van der Waals surface area contributed by atoms with Crippen LogP contribution in [0.15, 0.2) is 24.3 Å². The summed E-state index contributed by atoms with van der Waals surface area (Å²) in [5, 5.41) is 2.81. The summed E-state index contributed by atoms with van der Waals surface area (Å²) in [6.07, 6.45) is -5.08. The van der Waals surface area contributed by atoms with Gasteiger partial charge in [0.05, 0.1) is 6.54 Å². The summed E-state index contributed by atoms with van der Waals surface area (Å²) in [7, 11) is 0. The molecular formula is C12H13F3N2O. The number of halogens is 3. The molecule has 6 heteroatoms. The number of rotatable bonds is 2. The van der Waals surface area contributed by atoms with Crippen molar-refractivity contribution in [2.75, 3.05) is 13.1 Å². The van der Waals surface area contributed by atoms with Crippen molar-refractivity contribution in [2.24, 2.45) is 0 Å². The SMILES string of the molecule is Cc1ccccc1C1NCC(=O)N1CC(F)(F)F. The third kappa shape index (κ3) is 2.64. The van der Waals surface area contributed by atoms with E-state index in [0.29, 0.717) is 5.56 Å². The van der Waals surface area contributed by atoms with Crippen LogP contribution in [-0.4, -0.2) is 30.1 Å². The Bertz CT molecular complexity index is 459. The van der Waals surface area contributed by atoms with E-state index in [1.165, 1.54) is 0 Å². The first-order valence-electron chi connectivity index (χ1n) is 5.53.